The zero-order chi connectivity index (χ0) is 10.5. The molecule has 1 saturated heterocycles. The standard InChI is InChI=1S/C12H12OS2/c13-11(10-5-2-1-3-6-10)9-12-14-7-4-8-15-12/h1-3,5-6,9H,4,7-8H2. The number of carbonyl (C=O) groups is 1. The maximum Gasteiger partial charge on any atom is 0.187 e. The average molecular weight is 236 g/mol. The molecule has 1 aliphatic heterocycles. The zero-order valence-electron chi connectivity index (χ0n) is 8.31. The third-order valence-electron chi connectivity index (χ3n) is 2.08. The van der Waals surface area contributed by atoms with Crippen LogP contribution in [0.5, 0.6) is 0 Å². The Balaban J connectivity index is 2.08. The Labute approximate surface area is 98.3 Å². The Morgan fingerprint density at radius 1 is 1.13 bits per heavy atom. The van der Waals surface area contributed by atoms with Gasteiger partial charge < -0.3 is 0 Å². The van der Waals surface area contributed by atoms with E-state index in [1.807, 2.05) is 30.3 Å². The molecule has 0 saturated carbocycles. The molecule has 0 spiro atoms. The van der Waals surface area contributed by atoms with E-state index in [0.29, 0.717) is 0 Å². The van der Waals surface area contributed by atoms with Crippen molar-refractivity contribution in [1.29, 1.82) is 0 Å². The summed E-state index contributed by atoms with van der Waals surface area (Å²) in [5, 5.41) is 0. The van der Waals surface area contributed by atoms with Crippen LogP contribution in [0.15, 0.2) is 40.6 Å². The van der Waals surface area contributed by atoms with Gasteiger partial charge in [0.1, 0.15) is 0 Å². The van der Waals surface area contributed by atoms with Crippen LogP contribution >= 0.6 is 23.5 Å². The van der Waals surface area contributed by atoms with Crippen LogP contribution in [0.3, 0.4) is 0 Å². The van der Waals surface area contributed by atoms with Crippen LogP contribution in [0.25, 0.3) is 0 Å². The predicted octanol–water partition coefficient (Wildman–Crippen LogP) is 3.58. The van der Waals surface area contributed by atoms with Crippen LogP contribution in [0.2, 0.25) is 0 Å². The molecule has 0 unspecified atom stereocenters. The average Bonchev–Trinajstić information content (AvgIpc) is 2.31. The van der Waals surface area contributed by atoms with E-state index in [4.69, 9.17) is 0 Å². The van der Waals surface area contributed by atoms with Crippen LogP contribution in [-0.4, -0.2) is 17.3 Å². The zero-order valence-corrected chi connectivity index (χ0v) is 9.94. The van der Waals surface area contributed by atoms with E-state index in [-0.39, 0.29) is 5.78 Å². The minimum Gasteiger partial charge on any atom is -0.289 e. The second kappa shape index (κ2) is 5.42. The summed E-state index contributed by atoms with van der Waals surface area (Å²) in [6.45, 7) is 0. The lowest BCUT2D eigenvalue weighted by atomic mass is 10.1. The van der Waals surface area contributed by atoms with Gasteiger partial charge in [-0.3, -0.25) is 4.79 Å². The smallest absolute Gasteiger partial charge is 0.187 e. The summed E-state index contributed by atoms with van der Waals surface area (Å²) in [4.78, 5) is 11.8. The molecule has 0 atom stereocenters. The van der Waals surface area contributed by atoms with E-state index < -0.39 is 0 Å². The summed E-state index contributed by atoms with van der Waals surface area (Å²) >= 11 is 3.58. The van der Waals surface area contributed by atoms with Crippen LogP contribution in [0, 0.1) is 0 Å². The number of thioether (sulfide) groups is 2. The second-order valence-electron chi connectivity index (χ2n) is 3.24. The molecule has 78 valence electrons. The highest BCUT2D eigenvalue weighted by Gasteiger charge is 2.09. The molecule has 1 fully saturated rings. The molecule has 0 amide bonds. The molecule has 1 aliphatic rings. The Kier molecular flexibility index (Phi) is 3.92. The fraction of sp³-hybridized carbons (Fsp3) is 0.250. The Bertz CT molecular complexity index is 362. The van der Waals surface area contributed by atoms with Gasteiger partial charge in [0.15, 0.2) is 5.78 Å². The minimum absolute atomic E-state index is 0.118. The van der Waals surface area contributed by atoms with Gasteiger partial charge in [0.2, 0.25) is 0 Å². The number of ketones is 1. The maximum absolute atomic E-state index is 11.8. The van der Waals surface area contributed by atoms with Crippen LogP contribution in [0.4, 0.5) is 0 Å². The second-order valence-corrected chi connectivity index (χ2v) is 5.78. The highest BCUT2D eigenvalue weighted by molar-refractivity contribution is 8.22. The van der Waals surface area contributed by atoms with Crippen molar-refractivity contribution in [2.75, 3.05) is 11.5 Å². The SMILES string of the molecule is O=C(C=C1SCCCS1)c1ccccc1. The summed E-state index contributed by atoms with van der Waals surface area (Å²) in [5.74, 6) is 2.40. The Morgan fingerprint density at radius 3 is 2.47 bits per heavy atom. The van der Waals surface area contributed by atoms with Gasteiger partial charge in [0.25, 0.3) is 0 Å². The topological polar surface area (TPSA) is 17.1 Å². The monoisotopic (exact) mass is 236 g/mol. The summed E-state index contributed by atoms with van der Waals surface area (Å²) in [6, 6.07) is 9.43. The van der Waals surface area contributed by atoms with Gasteiger partial charge in [-0.05, 0) is 17.9 Å². The van der Waals surface area contributed by atoms with E-state index in [1.54, 1.807) is 29.6 Å². The van der Waals surface area contributed by atoms with Crippen molar-refractivity contribution >= 4 is 29.3 Å². The highest BCUT2D eigenvalue weighted by Crippen LogP contribution is 2.34. The molecule has 0 bridgehead atoms. The van der Waals surface area contributed by atoms with Gasteiger partial charge in [0.05, 0.1) is 0 Å². The van der Waals surface area contributed by atoms with Crippen molar-refractivity contribution in [2.24, 2.45) is 0 Å². The number of rotatable bonds is 2. The Hall–Kier alpha value is -0.670. The minimum atomic E-state index is 0.118. The number of hydrogen-bond donors (Lipinski definition) is 0. The molecular weight excluding hydrogens is 224 g/mol. The first-order valence-electron chi connectivity index (χ1n) is 4.93. The van der Waals surface area contributed by atoms with Crippen molar-refractivity contribution in [3.05, 3.63) is 46.2 Å². The fourth-order valence-electron chi connectivity index (χ4n) is 1.32. The van der Waals surface area contributed by atoms with Crippen LogP contribution in [-0.2, 0) is 0 Å². The lowest BCUT2D eigenvalue weighted by molar-refractivity contribution is 0.104. The first kappa shape index (κ1) is 10.8. The largest absolute Gasteiger partial charge is 0.289 e. The summed E-state index contributed by atoms with van der Waals surface area (Å²) in [7, 11) is 0. The number of benzene rings is 1. The fourth-order valence-corrected chi connectivity index (χ4v) is 3.70. The molecule has 1 heterocycles. The number of carbonyl (C=O) groups excluding carboxylic acids is 1. The Morgan fingerprint density at radius 2 is 1.80 bits per heavy atom. The third-order valence-corrected chi connectivity index (χ3v) is 4.58. The molecule has 0 aliphatic carbocycles. The summed E-state index contributed by atoms with van der Waals surface area (Å²) in [5.41, 5.74) is 0.775. The van der Waals surface area contributed by atoms with Crippen molar-refractivity contribution in [2.45, 2.75) is 6.42 Å². The number of allylic oxidation sites excluding steroid dienone is 1. The van der Waals surface area contributed by atoms with E-state index in [9.17, 15) is 4.79 Å². The highest BCUT2D eigenvalue weighted by atomic mass is 32.2. The van der Waals surface area contributed by atoms with E-state index >= 15 is 0 Å². The molecule has 1 aromatic rings. The lowest BCUT2D eigenvalue weighted by Crippen LogP contribution is -1.97. The molecule has 15 heavy (non-hydrogen) atoms. The van der Waals surface area contributed by atoms with E-state index in [1.165, 1.54) is 6.42 Å². The molecule has 0 aromatic heterocycles. The van der Waals surface area contributed by atoms with Gasteiger partial charge in [-0.2, -0.15) is 0 Å². The summed E-state index contributed by atoms with van der Waals surface area (Å²) in [6.07, 6.45) is 3.01. The first-order chi connectivity index (χ1) is 7.36. The first-order valence-corrected chi connectivity index (χ1v) is 6.90. The van der Waals surface area contributed by atoms with Crippen LogP contribution in [0.1, 0.15) is 16.8 Å². The normalized spacial score (nSPS) is 16.1. The molecule has 1 aromatic carbocycles. The van der Waals surface area contributed by atoms with Crippen molar-refractivity contribution < 1.29 is 4.79 Å². The van der Waals surface area contributed by atoms with Gasteiger partial charge in [-0.1, -0.05) is 30.3 Å². The van der Waals surface area contributed by atoms with Gasteiger partial charge in [-0.15, -0.1) is 23.5 Å². The molecule has 2 rings (SSSR count). The van der Waals surface area contributed by atoms with E-state index in [2.05, 4.69) is 0 Å². The van der Waals surface area contributed by atoms with Gasteiger partial charge >= 0.3 is 0 Å². The predicted molar refractivity (Wildman–Crippen MR) is 68.4 cm³/mol. The quantitative estimate of drug-likeness (QED) is 0.577. The maximum atomic E-state index is 11.8. The van der Waals surface area contributed by atoms with Crippen molar-refractivity contribution in [3.8, 4) is 0 Å². The summed E-state index contributed by atoms with van der Waals surface area (Å²) < 4.78 is 1.16. The van der Waals surface area contributed by atoms with E-state index in [0.717, 1.165) is 21.3 Å². The number of hydrogen-bond acceptors (Lipinski definition) is 3. The van der Waals surface area contributed by atoms with Crippen molar-refractivity contribution in [3.63, 3.8) is 0 Å². The lowest BCUT2D eigenvalue weighted by Gasteiger charge is -2.11. The van der Waals surface area contributed by atoms with Gasteiger partial charge in [-0.25, -0.2) is 0 Å². The molecule has 0 radical (unpaired) electrons. The molecule has 0 N–H and O–H groups in total. The van der Waals surface area contributed by atoms with Crippen LogP contribution < -0.4 is 0 Å². The molecule has 3 heteroatoms. The third kappa shape index (κ3) is 3.14. The molecule has 1 nitrogen and oxygen atoms in total. The van der Waals surface area contributed by atoms with Gasteiger partial charge in [0, 0.05) is 15.9 Å². The van der Waals surface area contributed by atoms with Crippen molar-refractivity contribution in [1.82, 2.24) is 0 Å². The molecular formula is C12H12OS2.